The van der Waals surface area contributed by atoms with Gasteiger partial charge in [0, 0.05) is 19.1 Å². The third kappa shape index (κ3) is 5.17. The molecule has 0 fully saturated rings. The van der Waals surface area contributed by atoms with Crippen molar-refractivity contribution >= 4 is 0 Å². The van der Waals surface area contributed by atoms with E-state index in [9.17, 15) is 5.11 Å². The van der Waals surface area contributed by atoms with Gasteiger partial charge in [0.25, 0.3) is 0 Å². The lowest BCUT2D eigenvalue weighted by atomic mass is 10.2. The number of aliphatic hydroxyl groups excluding tert-OH is 2. The first-order valence-corrected chi connectivity index (χ1v) is 6.73. The van der Waals surface area contributed by atoms with E-state index in [1.165, 1.54) is 0 Å². The molecule has 1 aromatic rings. The summed E-state index contributed by atoms with van der Waals surface area (Å²) in [5.41, 5.74) is 0.454. The smallest absolute Gasteiger partial charge is 0.137 e. The van der Waals surface area contributed by atoms with Gasteiger partial charge in [0.15, 0.2) is 0 Å². The summed E-state index contributed by atoms with van der Waals surface area (Å²) in [4.78, 5) is 1.98. The molecule has 110 valence electrons. The van der Waals surface area contributed by atoms with Crippen molar-refractivity contribution in [3.05, 3.63) is 29.8 Å². The summed E-state index contributed by atoms with van der Waals surface area (Å²) < 4.78 is 5.49. The quantitative estimate of drug-likeness (QED) is 0.742. The van der Waals surface area contributed by atoms with Crippen LogP contribution in [0.3, 0.4) is 0 Å². The Bertz CT molecular complexity index is 443. The lowest BCUT2D eigenvalue weighted by molar-refractivity contribution is 0.0502. The average molecular weight is 278 g/mol. The van der Waals surface area contributed by atoms with E-state index in [0.29, 0.717) is 24.4 Å². The number of nitriles is 1. The fourth-order valence-electron chi connectivity index (χ4n) is 1.88. The molecule has 1 atom stereocenters. The number of hydrogen-bond donors (Lipinski definition) is 2. The second kappa shape index (κ2) is 8.54. The second-order valence-electron chi connectivity index (χ2n) is 4.89. The zero-order chi connectivity index (χ0) is 15.0. The van der Waals surface area contributed by atoms with Crippen molar-refractivity contribution in [2.24, 2.45) is 0 Å². The SMILES string of the molecule is CC(C)N(CCO)CC(O)COc1ccccc1C#N. The fraction of sp³-hybridized carbons (Fsp3) is 0.533. The van der Waals surface area contributed by atoms with E-state index >= 15 is 0 Å². The van der Waals surface area contributed by atoms with Crippen LogP contribution >= 0.6 is 0 Å². The van der Waals surface area contributed by atoms with Crippen LogP contribution in [0.15, 0.2) is 24.3 Å². The largest absolute Gasteiger partial charge is 0.489 e. The van der Waals surface area contributed by atoms with Gasteiger partial charge < -0.3 is 14.9 Å². The minimum atomic E-state index is -0.671. The van der Waals surface area contributed by atoms with Gasteiger partial charge in [-0.2, -0.15) is 5.26 Å². The molecule has 0 amide bonds. The topological polar surface area (TPSA) is 76.7 Å². The maximum atomic E-state index is 9.99. The van der Waals surface area contributed by atoms with Crippen molar-refractivity contribution in [1.82, 2.24) is 4.90 Å². The van der Waals surface area contributed by atoms with E-state index in [0.717, 1.165) is 0 Å². The maximum Gasteiger partial charge on any atom is 0.137 e. The third-order valence-electron chi connectivity index (χ3n) is 3.00. The Hall–Kier alpha value is -1.61. The van der Waals surface area contributed by atoms with Crippen LogP contribution in [0.25, 0.3) is 0 Å². The van der Waals surface area contributed by atoms with E-state index in [1.807, 2.05) is 24.8 Å². The summed E-state index contributed by atoms with van der Waals surface area (Å²) in [6.07, 6.45) is -0.671. The Labute approximate surface area is 120 Å². The molecule has 5 nitrogen and oxygen atoms in total. The third-order valence-corrected chi connectivity index (χ3v) is 3.00. The highest BCUT2D eigenvalue weighted by Crippen LogP contribution is 2.16. The molecule has 0 saturated carbocycles. The van der Waals surface area contributed by atoms with Gasteiger partial charge in [0.1, 0.15) is 24.5 Å². The number of rotatable bonds is 8. The number of benzene rings is 1. The van der Waals surface area contributed by atoms with Crippen LogP contribution in [0.4, 0.5) is 0 Å². The van der Waals surface area contributed by atoms with Gasteiger partial charge in [-0.15, -0.1) is 0 Å². The molecule has 0 saturated heterocycles. The van der Waals surface area contributed by atoms with Gasteiger partial charge in [-0.3, -0.25) is 4.90 Å². The Morgan fingerprint density at radius 1 is 1.35 bits per heavy atom. The molecular formula is C15H22N2O3. The number of hydrogen-bond acceptors (Lipinski definition) is 5. The summed E-state index contributed by atoms with van der Waals surface area (Å²) in [6.45, 7) is 5.13. The minimum Gasteiger partial charge on any atom is -0.489 e. The molecule has 1 rings (SSSR count). The van der Waals surface area contributed by atoms with Gasteiger partial charge in [0.05, 0.1) is 12.2 Å². The Kier molecular flexibility index (Phi) is 7.02. The Balaban J connectivity index is 2.50. The molecule has 1 unspecified atom stereocenters. The van der Waals surface area contributed by atoms with Crippen LogP contribution in [0.5, 0.6) is 5.75 Å². The summed E-state index contributed by atoms with van der Waals surface area (Å²) >= 11 is 0. The molecule has 20 heavy (non-hydrogen) atoms. The first kappa shape index (κ1) is 16.4. The molecule has 0 spiro atoms. The number of para-hydroxylation sites is 1. The van der Waals surface area contributed by atoms with E-state index in [2.05, 4.69) is 0 Å². The van der Waals surface area contributed by atoms with Gasteiger partial charge in [-0.05, 0) is 26.0 Å². The van der Waals surface area contributed by atoms with Crippen molar-refractivity contribution in [2.75, 3.05) is 26.3 Å². The van der Waals surface area contributed by atoms with E-state index in [1.54, 1.807) is 24.3 Å². The Morgan fingerprint density at radius 2 is 2.05 bits per heavy atom. The van der Waals surface area contributed by atoms with Gasteiger partial charge >= 0.3 is 0 Å². The summed E-state index contributed by atoms with van der Waals surface area (Å²) in [5.74, 6) is 0.479. The predicted octanol–water partition coefficient (Wildman–Crippen LogP) is 1.00. The van der Waals surface area contributed by atoms with Crippen LogP contribution in [0.2, 0.25) is 0 Å². The van der Waals surface area contributed by atoms with Crippen molar-refractivity contribution in [2.45, 2.75) is 26.0 Å². The van der Waals surface area contributed by atoms with E-state index in [-0.39, 0.29) is 19.3 Å². The van der Waals surface area contributed by atoms with Gasteiger partial charge in [-0.1, -0.05) is 12.1 Å². The lowest BCUT2D eigenvalue weighted by Crippen LogP contribution is -2.41. The zero-order valence-corrected chi connectivity index (χ0v) is 12.0. The number of nitrogens with zero attached hydrogens (tertiary/aromatic N) is 2. The first-order valence-electron chi connectivity index (χ1n) is 6.73. The molecular weight excluding hydrogens is 256 g/mol. The molecule has 0 bridgehead atoms. The average Bonchev–Trinajstić information content (AvgIpc) is 2.44. The van der Waals surface area contributed by atoms with Crippen molar-refractivity contribution in [3.63, 3.8) is 0 Å². The molecule has 0 aliphatic heterocycles. The zero-order valence-electron chi connectivity index (χ0n) is 12.0. The molecule has 0 aliphatic carbocycles. The molecule has 2 N–H and O–H groups in total. The van der Waals surface area contributed by atoms with E-state index in [4.69, 9.17) is 15.1 Å². The fourth-order valence-corrected chi connectivity index (χ4v) is 1.88. The molecule has 1 aromatic carbocycles. The molecule has 5 heteroatoms. The number of aliphatic hydroxyl groups is 2. The van der Waals surface area contributed by atoms with Crippen LogP contribution in [0, 0.1) is 11.3 Å². The van der Waals surface area contributed by atoms with E-state index < -0.39 is 6.10 Å². The van der Waals surface area contributed by atoms with Gasteiger partial charge in [-0.25, -0.2) is 0 Å². The minimum absolute atomic E-state index is 0.0586. The van der Waals surface area contributed by atoms with Crippen LogP contribution in [-0.4, -0.2) is 53.6 Å². The van der Waals surface area contributed by atoms with Crippen molar-refractivity contribution in [1.29, 1.82) is 5.26 Å². The molecule has 0 aliphatic rings. The molecule has 0 aromatic heterocycles. The molecule has 0 heterocycles. The second-order valence-corrected chi connectivity index (χ2v) is 4.89. The molecule has 0 radical (unpaired) electrons. The first-order chi connectivity index (χ1) is 9.58. The highest BCUT2D eigenvalue weighted by atomic mass is 16.5. The van der Waals surface area contributed by atoms with Crippen LogP contribution in [0.1, 0.15) is 19.4 Å². The highest BCUT2D eigenvalue weighted by Gasteiger charge is 2.15. The van der Waals surface area contributed by atoms with Crippen LogP contribution in [-0.2, 0) is 0 Å². The summed E-state index contributed by atoms with van der Waals surface area (Å²) in [6, 6.07) is 9.22. The van der Waals surface area contributed by atoms with Gasteiger partial charge in [0.2, 0.25) is 0 Å². The van der Waals surface area contributed by atoms with Crippen molar-refractivity contribution in [3.8, 4) is 11.8 Å². The predicted molar refractivity (Wildman–Crippen MR) is 76.5 cm³/mol. The lowest BCUT2D eigenvalue weighted by Gasteiger charge is -2.27. The standard InChI is InChI=1S/C15H22N2O3/c1-12(2)17(7-8-18)10-14(19)11-20-15-6-4-3-5-13(15)9-16/h3-6,12,14,18-19H,7-8,10-11H2,1-2H3. The normalized spacial score (nSPS) is 12.4. The Morgan fingerprint density at radius 3 is 2.65 bits per heavy atom. The summed E-state index contributed by atoms with van der Waals surface area (Å²) in [5, 5.41) is 27.9. The highest BCUT2D eigenvalue weighted by molar-refractivity contribution is 5.42. The maximum absolute atomic E-state index is 9.99. The monoisotopic (exact) mass is 278 g/mol. The van der Waals surface area contributed by atoms with Crippen LogP contribution < -0.4 is 4.74 Å². The van der Waals surface area contributed by atoms with Crippen molar-refractivity contribution < 1.29 is 14.9 Å². The summed E-state index contributed by atoms with van der Waals surface area (Å²) in [7, 11) is 0. The number of ether oxygens (including phenoxy) is 1.